The molecule has 0 saturated heterocycles. The highest BCUT2D eigenvalue weighted by molar-refractivity contribution is 5.99. The Morgan fingerprint density at radius 3 is 2.64 bits per heavy atom. The van der Waals surface area contributed by atoms with Crippen LogP contribution in [0.2, 0.25) is 0 Å². The molecule has 0 spiro atoms. The number of rotatable bonds is 1. The van der Waals surface area contributed by atoms with Gasteiger partial charge in [-0.05, 0) is 25.7 Å². The fraction of sp³-hybridized carbons (Fsp3) is 0.333. The van der Waals surface area contributed by atoms with Crippen molar-refractivity contribution in [2.45, 2.75) is 13.8 Å². The summed E-state index contributed by atoms with van der Waals surface area (Å²) in [6, 6.07) is 0. The highest BCUT2D eigenvalue weighted by atomic mass is 16.1. The first-order valence-corrected chi connectivity index (χ1v) is 3.13. The van der Waals surface area contributed by atoms with Gasteiger partial charge in [-0.25, -0.2) is 0 Å². The zero-order valence-corrected chi connectivity index (χ0v) is 6.47. The van der Waals surface area contributed by atoms with Gasteiger partial charge < -0.3 is 0 Å². The third kappa shape index (κ3) is 3.95. The Labute approximate surface area is 66.0 Å². The predicted molar refractivity (Wildman–Crippen MR) is 41.5 cm³/mol. The fourth-order valence-electron chi connectivity index (χ4n) is 0.456. The summed E-state index contributed by atoms with van der Waals surface area (Å²) in [6.45, 7) is 3.20. The monoisotopic (exact) mass is 148 g/mol. The first kappa shape index (κ1) is 9.46. The van der Waals surface area contributed by atoms with E-state index in [1.165, 1.54) is 0 Å². The number of carbonyl (C=O) groups excluding carboxylic acids is 2. The van der Waals surface area contributed by atoms with Crippen molar-refractivity contribution in [1.82, 2.24) is 0 Å². The summed E-state index contributed by atoms with van der Waals surface area (Å²) in [5.41, 5.74) is 0. The van der Waals surface area contributed by atoms with Gasteiger partial charge >= 0.3 is 0 Å². The first-order chi connectivity index (χ1) is 5.22. The number of Topliss-reactive ketones (excluding diaryl/α,β-unsaturated/α-hetero) is 1. The smallest absolute Gasteiger partial charge is 0.220 e. The van der Waals surface area contributed by atoms with Gasteiger partial charge in [-0.3, -0.25) is 9.59 Å². The van der Waals surface area contributed by atoms with E-state index in [9.17, 15) is 9.59 Å². The highest BCUT2D eigenvalue weighted by Crippen LogP contribution is 1.91. The fourth-order valence-corrected chi connectivity index (χ4v) is 0.456. The molecule has 0 aliphatic rings. The van der Waals surface area contributed by atoms with Gasteiger partial charge in [-0.15, -0.1) is 0 Å². The third-order valence-corrected chi connectivity index (χ3v) is 1.00. The van der Waals surface area contributed by atoms with Crippen LogP contribution in [0.1, 0.15) is 13.8 Å². The minimum Gasteiger partial charge on any atom is -0.289 e. The van der Waals surface area contributed by atoms with E-state index in [4.69, 9.17) is 0 Å². The summed E-state index contributed by atoms with van der Waals surface area (Å²) < 4.78 is 0. The second-order valence-corrected chi connectivity index (χ2v) is 1.87. The molecule has 56 valence electrons. The summed E-state index contributed by atoms with van der Waals surface area (Å²) in [5.74, 6) is 8.72. The lowest BCUT2D eigenvalue weighted by Gasteiger charge is -1.91. The van der Waals surface area contributed by atoms with Gasteiger partial charge in [0.1, 0.15) is 0 Å². The molecular weight excluding hydrogens is 140 g/mol. The van der Waals surface area contributed by atoms with Crippen LogP contribution in [-0.4, -0.2) is 12.1 Å². The second kappa shape index (κ2) is 5.26. The Hall–Kier alpha value is -1.54. The summed E-state index contributed by atoms with van der Waals surface area (Å²) >= 11 is 0. The van der Waals surface area contributed by atoms with Crippen LogP contribution in [0.5, 0.6) is 0 Å². The molecule has 0 aromatic carbocycles. The van der Waals surface area contributed by atoms with E-state index >= 15 is 0 Å². The van der Waals surface area contributed by atoms with Crippen molar-refractivity contribution in [2.24, 2.45) is 5.92 Å². The molecule has 0 aromatic heterocycles. The summed E-state index contributed by atoms with van der Waals surface area (Å²) in [7, 11) is 0. The minimum absolute atomic E-state index is 0.248. The van der Waals surface area contributed by atoms with E-state index < -0.39 is 5.92 Å². The standard InChI is InChI=1S/C9H8O2/c1-3-5-9(11)8(2)6-4-7-10/h7-8H,1-2H3. The van der Waals surface area contributed by atoms with E-state index in [0.717, 1.165) is 0 Å². The molecule has 0 radical (unpaired) electrons. The Balaban J connectivity index is 4.21. The van der Waals surface area contributed by atoms with Crippen molar-refractivity contribution in [3.63, 3.8) is 0 Å². The number of hydrogen-bond donors (Lipinski definition) is 0. The van der Waals surface area contributed by atoms with Crippen molar-refractivity contribution in [3.8, 4) is 23.7 Å². The van der Waals surface area contributed by atoms with Crippen LogP contribution < -0.4 is 0 Å². The van der Waals surface area contributed by atoms with Crippen LogP contribution in [0.4, 0.5) is 0 Å². The Bertz CT molecular complexity index is 267. The number of carbonyl (C=O) groups is 2. The molecule has 1 unspecified atom stereocenters. The topological polar surface area (TPSA) is 34.1 Å². The van der Waals surface area contributed by atoms with Gasteiger partial charge in [-0.2, -0.15) is 0 Å². The molecule has 2 nitrogen and oxygen atoms in total. The molecule has 0 heterocycles. The van der Waals surface area contributed by atoms with Gasteiger partial charge in [0, 0.05) is 0 Å². The molecule has 0 aliphatic carbocycles. The molecule has 0 amide bonds. The molecule has 0 bridgehead atoms. The quantitative estimate of drug-likeness (QED) is 0.307. The van der Waals surface area contributed by atoms with Crippen LogP contribution in [0.15, 0.2) is 0 Å². The van der Waals surface area contributed by atoms with E-state index in [1.807, 2.05) is 0 Å². The van der Waals surface area contributed by atoms with Crippen molar-refractivity contribution in [1.29, 1.82) is 0 Å². The third-order valence-electron chi connectivity index (χ3n) is 1.00. The molecule has 11 heavy (non-hydrogen) atoms. The average Bonchev–Trinajstić information content (AvgIpc) is 2.00. The summed E-state index contributed by atoms with van der Waals surface area (Å²) in [4.78, 5) is 20.6. The van der Waals surface area contributed by atoms with E-state index in [0.29, 0.717) is 6.29 Å². The number of ketones is 1. The zero-order chi connectivity index (χ0) is 8.69. The van der Waals surface area contributed by atoms with Gasteiger partial charge in [0.2, 0.25) is 5.78 Å². The predicted octanol–water partition coefficient (Wildman–Crippen LogP) is 0.417. The Morgan fingerprint density at radius 2 is 2.18 bits per heavy atom. The minimum atomic E-state index is -0.465. The molecular formula is C9H8O2. The normalized spacial score (nSPS) is 9.64. The molecule has 0 aliphatic heterocycles. The first-order valence-electron chi connectivity index (χ1n) is 3.13. The lowest BCUT2D eigenvalue weighted by atomic mass is 10.1. The second-order valence-electron chi connectivity index (χ2n) is 1.87. The van der Waals surface area contributed by atoms with E-state index in [2.05, 4.69) is 23.7 Å². The van der Waals surface area contributed by atoms with Crippen molar-refractivity contribution in [2.75, 3.05) is 0 Å². The molecule has 0 aromatic rings. The lowest BCUT2D eigenvalue weighted by Crippen LogP contribution is -2.05. The van der Waals surface area contributed by atoms with Crippen molar-refractivity contribution < 1.29 is 9.59 Å². The largest absolute Gasteiger partial charge is 0.289 e. The lowest BCUT2D eigenvalue weighted by molar-refractivity contribution is -0.115. The molecule has 0 N–H and O–H groups in total. The van der Waals surface area contributed by atoms with E-state index in [1.54, 1.807) is 13.8 Å². The van der Waals surface area contributed by atoms with Gasteiger partial charge in [0.05, 0.1) is 5.92 Å². The van der Waals surface area contributed by atoms with Crippen molar-refractivity contribution in [3.05, 3.63) is 0 Å². The Kier molecular flexibility index (Phi) is 4.52. The van der Waals surface area contributed by atoms with Gasteiger partial charge in [0.15, 0.2) is 6.29 Å². The maximum atomic E-state index is 10.9. The van der Waals surface area contributed by atoms with Crippen LogP contribution in [0, 0.1) is 29.6 Å². The average molecular weight is 148 g/mol. The van der Waals surface area contributed by atoms with Crippen LogP contribution >= 0.6 is 0 Å². The molecule has 2 heteroatoms. The molecule has 0 rings (SSSR count). The van der Waals surface area contributed by atoms with Crippen LogP contribution in [0.3, 0.4) is 0 Å². The van der Waals surface area contributed by atoms with Gasteiger partial charge in [-0.1, -0.05) is 11.8 Å². The van der Waals surface area contributed by atoms with E-state index in [-0.39, 0.29) is 5.78 Å². The Morgan fingerprint density at radius 1 is 1.55 bits per heavy atom. The SMILES string of the molecule is CC#CC(=O)C(C)C#CC=O. The summed E-state index contributed by atoms with van der Waals surface area (Å²) in [6.07, 6.45) is 0.461. The number of hydrogen-bond acceptors (Lipinski definition) is 2. The molecule has 0 fully saturated rings. The molecule has 1 atom stereocenters. The van der Waals surface area contributed by atoms with Crippen LogP contribution in [-0.2, 0) is 9.59 Å². The van der Waals surface area contributed by atoms with Gasteiger partial charge in [0.25, 0.3) is 0 Å². The van der Waals surface area contributed by atoms with Crippen LogP contribution in [0.25, 0.3) is 0 Å². The highest BCUT2D eigenvalue weighted by Gasteiger charge is 2.04. The maximum Gasteiger partial charge on any atom is 0.220 e. The summed E-state index contributed by atoms with van der Waals surface area (Å²) in [5, 5.41) is 0. The van der Waals surface area contributed by atoms with Crippen molar-refractivity contribution >= 4 is 12.1 Å². The maximum absolute atomic E-state index is 10.9. The number of aldehydes is 1. The zero-order valence-electron chi connectivity index (χ0n) is 6.47. The molecule has 0 saturated carbocycles.